The molecule has 2 aromatic carbocycles. The Morgan fingerprint density at radius 2 is 1.89 bits per heavy atom. The summed E-state index contributed by atoms with van der Waals surface area (Å²) in [5.74, 6) is 0.344. The number of halogens is 1. The van der Waals surface area contributed by atoms with Crippen LogP contribution in [0.3, 0.4) is 0 Å². The summed E-state index contributed by atoms with van der Waals surface area (Å²) in [6, 6.07) is 14.9. The Morgan fingerprint density at radius 3 is 2.60 bits per heavy atom. The molecule has 0 aliphatic heterocycles. The van der Waals surface area contributed by atoms with Crippen molar-refractivity contribution in [2.24, 2.45) is 5.92 Å². The Morgan fingerprint density at radius 1 is 1.14 bits per heavy atom. The fraction of sp³-hybridized carbons (Fsp3) is 0.308. The van der Waals surface area contributed by atoms with Gasteiger partial charge in [0.1, 0.15) is 0 Å². The third kappa shape index (κ3) is 5.60. The molecule has 0 unspecified atom stereocenters. The summed E-state index contributed by atoms with van der Waals surface area (Å²) in [4.78, 5) is 30.8. The Hall–Kier alpha value is -3.10. The van der Waals surface area contributed by atoms with Crippen LogP contribution in [0.1, 0.15) is 31.7 Å². The first kappa shape index (κ1) is 25.0. The van der Waals surface area contributed by atoms with Crippen LogP contribution in [0.25, 0.3) is 16.6 Å². The van der Waals surface area contributed by atoms with Gasteiger partial charge in [0.05, 0.1) is 39.4 Å². The number of thioether (sulfide) groups is 1. The molecule has 0 saturated carbocycles. The average Bonchev–Trinajstić information content (AvgIpc) is 3.10. The minimum atomic E-state index is -0.190. The number of nitrogens with zero attached hydrogens (tertiary/aromatic N) is 4. The first-order valence-electron chi connectivity index (χ1n) is 11.5. The summed E-state index contributed by atoms with van der Waals surface area (Å²) in [5.41, 5.74) is 3.61. The first-order chi connectivity index (χ1) is 16.7. The lowest BCUT2D eigenvalue weighted by molar-refractivity contribution is -0.113. The smallest absolute Gasteiger partial charge is 0.262 e. The van der Waals surface area contributed by atoms with Crippen LogP contribution < -0.4 is 10.9 Å². The van der Waals surface area contributed by atoms with Gasteiger partial charge in [-0.15, -0.1) is 0 Å². The molecule has 4 rings (SSSR count). The Balaban J connectivity index is 1.56. The number of carbonyl (C=O) groups excluding carboxylic acids is 1. The van der Waals surface area contributed by atoms with E-state index in [-0.39, 0.29) is 17.2 Å². The number of amides is 1. The number of para-hydroxylation sites is 1. The fourth-order valence-corrected chi connectivity index (χ4v) is 4.81. The van der Waals surface area contributed by atoms with Crippen molar-refractivity contribution < 1.29 is 4.79 Å². The maximum Gasteiger partial charge on any atom is 0.262 e. The minimum absolute atomic E-state index is 0.107. The lowest BCUT2D eigenvalue weighted by atomic mass is 10.1. The van der Waals surface area contributed by atoms with Gasteiger partial charge in [0, 0.05) is 11.6 Å². The summed E-state index contributed by atoms with van der Waals surface area (Å²) in [7, 11) is 0. The number of carbonyl (C=O) groups is 1. The SMILES string of the molecule is Cc1nn(-c2ccccc2)c(C)c1NC(=O)CSc1nc2cc(Cl)ccc2c(=O)n1CCC(C)C. The van der Waals surface area contributed by atoms with E-state index < -0.39 is 0 Å². The number of hydrogen-bond donors (Lipinski definition) is 1. The van der Waals surface area contributed by atoms with E-state index >= 15 is 0 Å². The summed E-state index contributed by atoms with van der Waals surface area (Å²) in [6.45, 7) is 8.55. The Kier molecular flexibility index (Phi) is 7.62. The molecule has 1 N–H and O–H groups in total. The van der Waals surface area contributed by atoms with Crippen LogP contribution in [-0.4, -0.2) is 31.0 Å². The van der Waals surface area contributed by atoms with Crippen molar-refractivity contribution in [2.75, 3.05) is 11.1 Å². The highest BCUT2D eigenvalue weighted by atomic mass is 35.5. The Bertz CT molecular complexity index is 1430. The van der Waals surface area contributed by atoms with Gasteiger partial charge in [0.15, 0.2) is 5.16 Å². The van der Waals surface area contributed by atoms with Gasteiger partial charge in [-0.3, -0.25) is 14.2 Å². The summed E-state index contributed by atoms with van der Waals surface area (Å²) < 4.78 is 3.48. The first-order valence-corrected chi connectivity index (χ1v) is 12.9. The summed E-state index contributed by atoms with van der Waals surface area (Å²) >= 11 is 7.38. The predicted molar refractivity (Wildman–Crippen MR) is 143 cm³/mol. The van der Waals surface area contributed by atoms with Crippen LogP contribution in [-0.2, 0) is 11.3 Å². The second kappa shape index (κ2) is 10.7. The molecule has 2 heterocycles. The van der Waals surface area contributed by atoms with E-state index in [1.54, 1.807) is 22.8 Å². The normalized spacial score (nSPS) is 11.4. The lowest BCUT2D eigenvalue weighted by Gasteiger charge is -2.14. The number of aromatic nitrogens is 4. The zero-order chi connectivity index (χ0) is 25.1. The van der Waals surface area contributed by atoms with Gasteiger partial charge < -0.3 is 5.32 Å². The number of fused-ring (bicyclic) bond motifs is 1. The number of anilines is 1. The highest BCUT2D eigenvalue weighted by molar-refractivity contribution is 7.99. The number of hydrogen-bond acceptors (Lipinski definition) is 5. The molecule has 7 nitrogen and oxygen atoms in total. The van der Waals surface area contributed by atoms with E-state index in [1.807, 2.05) is 48.9 Å². The molecule has 0 aliphatic rings. The molecule has 1 amide bonds. The van der Waals surface area contributed by atoms with Gasteiger partial charge in [0.25, 0.3) is 5.56 Å². The molecule has 4 aromatic rings. The van der Waals surface area contributed by atoms with Crippen LogP contribution in [0.5, 0.6) is 0 Å². The number of benzene rings is 2. The van der Waals surface area contributed by atoms with Gasteiger partial charge in [-0.1, -0.05) is 55.4 Å². The maximum absolute atomic E-state index is 13.2. The largest absolute Gasteiger partial charge is 0.322 e. The maximum atomic E-state index is 13.2. The minimum Gasteiger partial charge on any atom is -0.322 e. The summed E-state index contributed by atoms with van der Waals surface area (Å²) in [6.07, 6.45) is 0.831. The molecular weight excluding hydrogens is 482 g/mol. The van der Waals surface area contributed by atoms with Gasteiger partial charge >= 0.3 is 0 Å². The molecule has 9 heteroatoms. The van der Waals surface area contributed by atoms with Gasteiger partial charge in [-0.2, -0.15) is 5.10 Å². The van der Waals surface area contributed by atoms with Crippen molar-refractivity contribution in [3.8, 4) is 5.69 Å². The second-order valence-electron chi connectivity index (χ2n) is 8.83. The van der Waals surface area contributed by atoms with Crippen molar-refractivity contribution in [3.05, 3.63) is 75.3 Å². The van der Waals surface area contributed by atoms with Crippen molar-refractivity contribution in [3.63, 3.8) is 0 Å². The molecular formula is C26H28ClN5O2S. The molecule has 0 atom stereocenters. The van der Waals surface area contributed by atoms with Crippen LogP contribution in [0.2, 0.25) is 5.02 Å². The molecule has 0 fully saturated rings. The van der Waals surface area contributed by atoms with Crippen LogP contribution >= 0.6 is 23.4 Å². The van der Waals surface area contributed by atoms with E-state index in [9.17, 15) is 9.59 Å². The van der Waals surface area contributed by atoms with E-state index in [0.29, 0.717) is 39.2 Å². The lowest BCUT2D eigenvalue weighted by Crippen LogP contribution is -2.25. The molecule has 182 valence electrons. The van der Waals surface area contributed by atoms with E-state index in [1.165, 1.54) is 11.8 Å². The summed E-state index contributed by atoms with van der Waals surface area (Å²) in [5, 5.41) is 9.12. The quantitative estimate of drug-likeness (QED) is 0.246. The number of nitrogens with one attached hydrogen (secondary N) is 1. The number of rotatable bonds is 8. The highest BCUT2D eigenvalue weighted by Gasteiger charge is 2.18. The van der Waals surface area contributed by atoms with E-state index in [4.69, 9.17) is 11.6 Å². The molecule has 0 spiro atoms. The fourth-order valence-electron chi connectivity index (χ4n) is 3.82. The molecule has 0 radical (unpaired) electrons. The predicted octanol–water partition coefficient (Wildman–Crippen LogP) is 5.63. The van der Waals surface area contributed by atoms with Crippen LogP contribution in [0.15, 0.2) is 58.5 Å². The molecule has 0 aliphatic carbocycles. The third-order valence-corrected chi connectivity index (χ3v) is 6.91. The van der Waals surface area contributed by atoms with Crippen molar-refractivity contribution in [1.82, 2.24) is 19.3 Å². The van der Waals surface area contributed by atoms with E-state index in [0.717, 1.165) is 23.5 Å². The molecule has 0 saturated heterocycles. The van der Waals surface area contributed by atoms with Crippen LogP contribution in [0, 0.1) is 19.8 Å². The van der Waals surface area contributed by atoms with Crippen molar-refractivity contribution in [1.29, 1.82) is 0 Å². The molecule has 35 heavy (non-hydrogen) atoms. The monoisotopic (exact) mass is 509 g/mol. The highest BCUT2D eigenvalue weighted by Crippen LogP contribution is 2.25. The van der Waals surface area contributed by atoms with Gasteiger partial charge in [0.2, 0.25) is 5.91 Å². The van der Waals surface area contributed by atoms with Gasteiger partial charge in [-0.25, -0.2) is 9.67 Å². The van der Waals surface area contributed by atoms with Crippen LogP contribution in [0.4, 0.5) is 5.69 Å². The third-order valence-electron chi connectivity index (χ3n) is 5.70. The standard InChI is InChI=1S/C26H28ClN5O2S/c1-16(2)12-13-31-25(34)21-11-10-19(27)14-22(21)28-26(31)35-15-23(33)29-24-17(3)30-32(18(24)4)20-8-6-5-7-9-20/h5-11,14,16H,12-13,15H2,1-4H3,(H,29,33). The number of aryl methyl sites for hydroxylation is 1. The zero-order valence-corrected chi connectivity index (χ0v) is 21.8. The second-order valence-corrected chi connectivity index (χ2v) is 10.2. The zero-order valence-electron chi connectivity index (χ0n) is 20.2. The average molecular weight is 510 g/mol. The molecule has 0 bridgehead atoms. The van der Waals surface area contributed by atoms with E-state index in [2.05, 4.69) is 29.2 Å². The van der Waals surface area contributed by atoms with Crippen molar-refractivity contribution >= 4 is 45.9 Å². The molecule has 2 aromatic heterocycles. The van der Waals surface area contributed by atoms with Crippen molar-refractivity contribution in [2.45, 2.75) is 45.8 Å². The van der Waals surface area contributed by atoms with Gasteiger partial charge in [-0.05, 0) is 56.5 Å². The Labute approximate surface area is 213 Å². The topological polar surface area (TPSA) is 81.8 Å².